The molecule has 3 aromatic rings. The molecule has 3 rings (SSSR count). The van der Waals surface area contributed by atoms with Gasteiger partial charge in [-0.1, -0.05) is 90.0 Å². The highest BCUT2D eigenvalue weighted by molar-refractivity contribution is 6.31. The Balaban J connectivity index is 2.06. The lowest BCUT2D eigenvalue weighted by molar-refractivity contribution is -0.161. The Morgan fingerprint density at radius 1 is 0.727 bits per heavy atom. The molecule has 0 saturated heterocycles. The first-order chi connectivity index (χ1) is 15.6. The van der Waals surface area contributed by atoms with Gasteiger partial charge in [0.15, 0.2) is 5.60 Å². The summed E-state index contributed by atoms with van der Waals surface area (Å²) >= 11 is 6.66. The predicted molar refractivity (Wildman–Crippen MR) is 130 cm³/mol. The number of ether oxygens (including phenoxy) is 2. The van der Waals surface area contributed by atoms with Gasteiger partial charge in [-0.05, 0) is 33.8 Å². The topological polar surface area (TPSA) is 52.6 Å². The van der Waals surface area contributed by atoms with Gasteiger partial charge in [0, 0.05) is 21.7 Å². The predicted octanol–water partition coefficient (Wildman–Crippen LogP) is 6.61. The van der Waals surface area contributed by atoms with E-state index in [4.69, 9.17) is 21.1 Å². The van der Waals surface area contributed by atoms with Gasteiger partial charge in [-0.2, -0.15) is 0 Å². The summed E-state index contributed by atoms with van der Waals surface area (Å²) in [7, 11) is 0. The molecule has 0 aromatic heterocycles. The zero-order chi connectivity index (χ0) is 24.1. The van der Waals surface area contributed by atoms with Crippen LogP contribution in [0.25, 0.3) is 0 Å². The molecule has 0 aliphatic heterocycles. The summed E-state index contributed by atoms with van der Waals surface area (Å²) < 4.78 is 11.6. The second-order valence-electron chi connectivity index (χ2n) is 8.95. The lowest BCUT2D eigenvalue weighted by atomic mass is 9.79. The van der Waals surface area contributed by atoms with Crippen molar-refractivity contribution in [2.75, 3.05) is 0 Å². The van der Waals surface area contributed by atoms with Gasteiger partial charge in [0.1, 0.15) is 5.60 Å². The molecule has 4 nitrogen and oxygen atoms in total. The summed E-state index contributed by atoms with van der Waals surface area (Å²) in [6.07, 6.45) is -0.183. The molecule has 0 aliphatic rings. The van der Waals surface area contributed by atoms with Gasteiger partial charge in [0.25, 0.3) is 0 Å². The first-order valence-electron chi connectivity index (χ1n) is 10.9. The largest absolute Gasteiger partial charge is 0.460 e. The van der Waals surface area contributed by atoms with Crippen molar-refractivity contribution in [1.82, 2.24) is 0 Å². The lowest BCUT2D eigenvalue weighted by Gasteiger charge is -2.36. The number of rotatable bonds is 7. The molecule has 0 aliphatic carbocycles. The van der Waals surface area contributed by atoms with Crippen molar-refractivity contribution in [2.24, 2.45) is 0 Å². The van der Waals surface area contributed by atoms with Crippen molar-refractivity contribution in [1.29, 1.82) is 0 Å². The van der Waals surface area contributed by atoms with Crippen molar-refractivity contribution in [3.8, 4) is 0 Å². The Morgan fingerprint density at radius 3 is 1.82 bits per heavy atom. The van der Waals surface area contributed by atoms with Crippen LogP contribution in [-0.4, -0.2) is 17.5 Å². The molecule has 172 valence electrons. The molecule has 1 atom stereocenters. The third-order valence-electron chi connectivity index (χ3n) is 5.11. The fourth-order valence-electron chi connectivity index (χ4n) is 3.68. The van der Waals surface area contributed by atoms with Crippen molar-refractivity contribution < 1.29 is 19.1 Å². The van der Waals surface area contributed by atoms with Crippen LogP contribution in [0, 0.1) is 6.92 Å². The van der Waals surface area contributed by atoms with Crippen LogP contribution in [0.1, 0.15) is 55.9 Å². The normalized spacial score (nSPS) is 13.1. The molecule has 0 fully saturated rings. The Bertz CT molecular complexity index is 1100. The quantitative estimate of drug-likeness (QED) is 0.292. The molecule has 1 unspecified atom stereocenters. The Labute approximate surface area is 200 Å². The van der Waals surface area contributed by atoms with E-state index in [1.807, 2.05) is 79.7 Å². The van der Waals surface area contributed by atoms with Gasteiger partial charge in [-0.25, -0.2) is 0 Å². The Morgan fingerprint density at radius 2 is 1.24 bits per heavy atom. The molecule has 0 saturated carbocycles. The van der Waals surface area contributed by atoms with Crippen molar-refractivity contribution in [3.05, 3.63) is 106 Å². The molecule has 0 amide bonds. The highest BCUT2D eigenvalue weighted by atomic mass is 35.5. The molecule has 33 heavy (non-hydrogen) atoms. The van der Waals surface area contributed by atoms with E-state index >= 15 is 0 Å². The number of carbonyl (C=O) groups is 2. The van der Waals surface area contributed by atoms with Crippen LogP contribution >= 0.6 is 11.6 Å². The average molecular weight is 465 g/mol. The van der Waals surface area contributed by atoms with E-state index in [0.717, 1.165) is 16.7 Å². The highest BCUT2D eigenvalue weighted by Gasteiger charge is 2.42. The average Bonchev–Trinajstić information content (AvgIpc) is 2.77. The first-order valence-corrected chi connectivity index (χ1v) is 11.3. The number of aryl methyl sites for hydroxylation is 1. The molecule has 0 radical (unpaired) electrons. The molecule has 5 heteroatoms. The number of esters is 2. The second kappa shape index (κ2) is 10.2. The van der Waals surface area contributed by atoms with E-state index in [2.05, 4.69) is 0 Å². The number of hydrogen-bond acceptors (Lipinski definition) is 4. The third-order valence-corrected chi connectivity index (χ3v) is 5.44. The minimum atomic E-state index is -1.28. The lowest BCUT2D eigenvalue weighted by Crippen LogP contribution is -2.36. The van der Waals surface area contributed by atoms with E-state index in [0.29, 0.717) is 10.6 Å². The van der Waals surface area contributed by atoms with Gasteiger partial charge >= 0.3 is 11.9 Å². The molecule has 3 aromatic carbocycles. The molecule has 0 spiro atoms. The van der Waals surface area contributed by atoms with E-state index < -0.39 is 23.1 Å². The SMILES string of the molecule is Cc1ccc(C(OC(=O)CCC(=O)OC(C)(C)C)(c2ccccc2)c2ccccc2Cl)cc1. The van der Waals surface area contributed by atoms with Crippen LogP contribution in [0.4, 0.5) is 0 Å². The summed E-state index contributed by atoms with van der Waals surface area (Å²) in [5, 5.41) is 0.474. The number of halogens is 1. The maximum atomic E-state index is 13.2. The summed E-state index contributed by atoms with van der Waals surface area (Å²) in [6, 6.07) is 24.6. The fourth-order valence-corrected chi connectivity index (χ4v) is 3.95. The maximum Gasteiger partial charge on any atom is 0.307 e. The van der Waals surface area contributed by atoms with Crippen molar-refractivity contribution in [3.63, 3.8) is 0 Å². The first kappa shape index (κ1) is 24.5. The van der Waals surface area contributed by atoms with Crippen LogP contribution in [-0.2, 0) is 24.7 Å². The number of carbonyl (C=O) groups excluding carboxylic acids is 2. The third kappa shape index (κ3) is 6.02. The monoisotopic (exact) mass is 464 g/mol. The minimum absolute atomic E-state index is 0.0720. The zero-order valence-electron chi connectivity index (χ0n) is 19.4. The number of hydrogen-bond donors (Lipinski definition) is 0. The molecule has 0 bridgehead atoms. The molecular formula is C28H29ClO4. The summed E-state index contributed by atoms with van der Waals surface area (Å²) in [5.41, 5.74) is 1.35. The van der Waals surface area contributed by atoms with E-state index in [9.17, 15) is 9.59 Å². The van der Waals surface area contributed by atoms with Crippen molar-refractivity contribution >= 4 is 23.5 Å². The number of benzene rings is 3. The summed E-state index contributed by atoms with van der Waals surface area (Å²) in [5.74, 6) is -0.969. The standard InChI is InChI=1S/C28H29ClO4/c1-20-14-16-22(17-15-20)28(21-10-6-5-7-11-21,23-12-8-9-13-24(23)29)33-26(31)19-18-25(30)32-27(2,3)4/h5-17H,18-19H2,1-4H3. The summed E-state index contributed by atoms with van der Waals surface area (Å²) in [4.78, 5) is 25.3. The van der Waals surface area contributed by atoms with Crippen LogP contribution in [0.3, 0.4) is 0 Å². The molecule has 0 heterocycles. The van der Waals surface area contributed by atoms with Gasteiger partial charge < -0.3 is 9.47 Å². The molecular weight excluding hydrogens is 436 g/mol. The van der Waals surface area contributed by atoms with Crippen LogP contribution in [0.2, 0.25) is 5.02 Å². The van der Waals surface area contributed by atoms with E-state index in [-0.39, 0.29) is 12.8 Å². The Hall–Kier alpha value is -3.11. The Kier molecular flexibility index (Phi) is 7.60. The van der Waals surface area contributed by atoms with E-state index in [1.165, 1.54) is 0 Å². The summed E-state index contributed by atoms with van der Waals surface area (Å²) in [6.45, 7) is 7.37. The second-order valence-corrected chi connectivity index (χ2v) is 9.36. The highest BCUT2D eigenvalue weighted by Crippen LogP contribution is 2.43. The fraction of sp³-hybridized carbons (Fsp3) is 0.286. The van der Waals surface area contributed by atoms with Crippen LogP contribution < -0.4 is 0 Å². The van der Waals surface area contributed by atoms with Gasteiger partial charge in [0.05, 0.1) is 12.8 Å². The van der Waals surface area contributed by atoms with E-state index in [1.54, 1.807) is 26.8 Å². The zero-order valence-corrected chi connectivity index (χ0v) is 20.2. The van der Waals surface area contributed by atoms with Gasteiger partial charge in [-0.15, -0.1) is 0 Å². The van der Waals surface area contributed by atoms with Gasteiger partial charge in [0.2, 0.25) is 0 Å². The van der Waals surface area contributed by atoms with Crippen LogP contribution in [0.15, 0.2) is 78.9 Å². The van der Waals surface area contributed by atoms with Gasteiger partial charge in [-0.3, -0.25) is 9.59 Å². The minimum Gasteiger partial charge on any atom is -0.460 e. The van der Waals surface area contributed by atoms with Crippen molar-refractivity contribution in [2.45, 2.75) is 51.7 Å². The maximum absolute atomic E-state index is 13.2. The van der Waals surface area contributed by atoms with Crippen LogP contribution in [0.5, 0.6) is 0 Å². The smallest absolute Gasteiger partial charge is 0.307 e. The molecule has 0 N–H and O–H groups in total.